The molecular formula is C26H26F6N6. The number of aryl methyl sites for hydroxylation is 1. The van der Waals surface area contributed by atoms with Crippen LogP contribution in [0.1, 0.15) is 55.1 Å². The monoisotopic (exact) mass is 536 g/mol. The molecular weight excluding hydrogens is 510 g/mol. The Labute approximate surface area is 215 Å². The van der Waals surface area contributed by atoms with Crippen molar-refractivity contribution in [3.05, 3.63) is 65.0 Å². The number of pyridine rings is 1. The van der Waals surface area contributed by atoms with Crippen LogP contribution < -0.4 is 10.2 Å². The first kappa shape index (κ1) is 25.0. The predicted octanol–water partition coefficient (Wildman–Crippen LogP) is 5.75. The van der Waals surface area contributed by atoms with Gasteiger partial charge in [0.05, 0.1) is 0 Å². The van der Waals surface area contributed by atoms with Crippen LogP contribution in [-0.4, -0.2) is 38.9 Å². The standard InChI is InChI=1S/C26H26F6N6/c27-19-7-6-17(21(28)22(19)29)18-3-1-2-10-38-24(18)35-25(36-38)34-23-14-4-5-15(23)13-37(12-14)16-8-9-33-20(11-16)26(30,31)32/h6-9,11,14-15,18,23H,1-5,10,12-13H2,(H,34,36)/t14-,15+,18?,23-. The van der Waals surface area contributed by atoms with Crippen molar-refractivity contribution < 1.29 is 26.3 Å². The van der Waals surface area contributed by atoms with Crippen LogP contribution in [0.2, 0.25) is 0 Å². The lowest BCUT2D eigenvalue weighted by atomic mass is 9.91. The van der Waals surface area contributed by atoms with E-state index in [1.165, 1.54) is 12.3 Å². The highest BCUT2D eigenvalue weighted by Crippen LogP contribution is 2.41. The number of nitrogens with zero attached hydrogens (tertiary/aromatic N) is 5. The van der Waals surface area contributed by atoms with Gasteiger partial charge in [0.15, 0.2) is 17.5 Å². The normalized spacial score (nSPS) is 25.3. The topological polar surface area (TPSA) is 58.9 Å². The Morgan fingerprint density at radius 2 is 1.68 bits per heavy atom. The number of halogens is 6. The fourth-order valence-electron chi connectivity index (χ4n) is 6.27. The Hall–Kier alpha value is -3.31. The molecule has 0 amide bonds. The van der Waals surface area contributed by atoms with Gasteiger partial charge in [0.1, 0.15) is 11.5 Å². The highest BCUT2D eigenvalue weighted by atomic mass is 19.4. The summed E-state index contributed by atoms with van der Waals surface area (Å²) in [6.45, 7) is 1.76. The van der Waals surface area contributed by atoms with Gasteiger partial charge in [-0.25, -0.2) is 17.9 Å². The summed E-state index contributed by atoms with van der Waals surface area (Å²) in [5.41, 5.74) is -0.334. The van der Waals surface area contributed by atoms with Crippen LogP contribution in [0.15, 0.2) is 30.5 Å². The van der Waals surface area contributed by atoms with Gasteiger partial charge in [0.25, 0.3) is 0 Å². The summed E-state index contributed by atoms with van der Waals surface area (Å²) >= 11 is 0. The maximum atomic E-state index is 14.7. The van der Waals surface area contributed by atoms with E-state index in [1.807, 2.05) is 4.90 Å². The lowest BCUT2D eigenvalue weighted by Crippen LogP contribution is -2.48. The van der Waals surface area contributed by atoms with Gasteiger partial charge in [0.2, 0.25) is 5.95 Å². The minimum atomic E-state index is -4.50. The van der Waals surface area contributed by atoms with E-state index in [4.69, 9.17) is 0 Å². The van der Waals surface area contributed by atoms with Crippen molar-refractivity contribution in [1.82, 2.24) is 19.7 Å². The van der Waals surface area contributed by atoms with E-state index in [0.29, 0.717) is 43.5 Å². The predicted molar refractivity (Wildman–Crippen MR) is 127 cm³/mol. The molecule has 3 aromatic rings. The van der Waals surface area contributed by atoms with Gasteiger partial charge >= 0.3 is 6.18 Å². The van der Waals surface area contributed by atoms with Crippen molar-refractivity contribution >= 4 is 11.6 Å². The zero-order valence-corrected chi connectivity index (χ0v) is 20.4. The number of fused-ring (bicyclic) bond motifs is 3. The van der Waals surface area contributed by atoms with E-state index in [9.17, 15) is 26.3 Å². The van der Waals surface area contributed by atoms with Gasteiger partial charge in [-0.3, -0.25) is 4.98 Å². The highest BCUT2D eigenvalue weighted by molar-refractivity contribution is 5.49. The third-order valence-corrected chi connectivity index (χ3v) is 8.09. The highest BCUT2D eigenvalue weighted by Gasteiger charge is 2.43. The van der Waals surface area contributed by atoms with Crippen molar-refractivity contribution in [3.8, 4) is 0 Å². The van der Waals surface area contributed by atoms with E-state index in [1.54, 1.807) is 10.7 Å². The molecule has 2 aromatic heterocycles. The van der Waals surface area contributed by atoms with Crippen molar-refractivity contribution in [2.75, 3.05) is 23.3 Å². The number of aromatic nitrogens is 4. The Morgan fingerprint density at radius 3 is 2.42 bits per heavy atom. The molecule has 1 aromatic carbocycles. The summed E-state index contributed by atoms with van der Waals surface area (Å²) in [7, 11) is 0. The number of hydrogen-bond acceptors (Lipinski definition) is 5. The first-order valence-electron chi connectivity index (χ1n) is 12.8. The number of benzene rings is 1. The average Bonchev–Trinajstić information content (AvgIpc) is 3.30. The molecule has 2 fully saturated rings. The van der Waals surface area contributed by atoms with Gasteiger partial charge in [-0.05, 0) is 55.7 Å². The fourth-order valence-corrected chi connectivity index (χ4v) is 6.27. The molecule has 6 rings (SSSR count). The molecule has 2 bridgehead atoms. The van der Waals surface area contributed by atoms with E-state index in [-0.39, 0.29) is 23.4 Å². The zero-order valence-electron chi connectivity index (χ0n) is 20.4. The Balaban J connectivity index is 1.22. The number of anilines is 2. The number of nitrogens with one attached hydrogen (secondary N) is 1. The number of hydrogen-bond donors (Lipinski definition) is 1. The maximum absolute atomic E-state index is 14.7. The molecule has 1 aliphatic carbocycles. The fraction of sp³-hybridized carbons (Fsp3) is 0.500. The second-order valence-corrected chi connectivity index (χ2v) is 10.4. The molecule has 12 heteroatoms. The van der Waals surface area contributed by atoms with E-state index < -0.39 is 35.2 Å². The summed E-state index contributed by atoms with van der Waals surface area (Å²) in [6, 6.07) is 4.95. The number of rotatable bonds is 4. The molecule has 6 nitrogen and oxygen atoms in total. The number of alkyl halides is 3. The molecule has 4 atom stereocenters. The molecule has 0 radical (unpaired) electrons. The lowest BCUT2D eigenvalue weighted by Gasteiger charge is -2.39. The molecule has 0 spiro atoms. The molecule has 202 valence electrons. The second kappa shape index (κ2) is 9.46. The minimum absolute atomic E-state index is 0.0419. The van der Waals surface area contributed by atoms with E-state index >= 15 is 0 Å². The van der Waals surface area contributed by atoms with Crippen LogP contribution in [0.3, 0.4) is 0 Å². The molecule has 2 aliphatic heterocycles. The van der Waals surface area contributed by atoms with E-state index in [0.717, 1.165) is 37.8 Å². The van der Waals surface area contributed by atoms with Gasteiger partial charge < -0.3 is 10.2 Å². The number of piperidine rings is 1. The molecule has 1 N–H and O–H groups in total. The molecule has 3 aliphatic rings. The average molecular weight is 537 g/mol. The van der Waals surface area contributed by atoms with Crippen molar-refractivity contribution in [2.45, 2.75) is 56.8 Å². The summed E-state index contributed by atoms with van der Waals surface area (Å²) in [5.74, 6) is -3.20. The Bertz CT molecular complexity index is 1330. The third kappa shape index (κ3) is 4.47. The second-order valence-electron chi connectivity index (χ2n) is 10.4. The van der Waals surface area contributed by atoms with E-state index in [2.05, 4.69) is 20.4 Å². The molecule has 1 saturated carbocycles. The van der Waals surface area contributed by atoms with Crippen LogP contribution in [0.25, 0.3) is 0 Å². The lowest BCUT2D eigenvalue weighted by molar-refractivity contribution is -0.141. The van der Waals surface area contributed by atoms with Crippen molar-refractivity contribution in [2.24, 2.45) is 11.8 Å². The molecule has 1 unspecified atom stereocenters. The van der Waals surface area contributed by atoms with Gasteiger partial charge in [0, 0.05) is 49.0 Å². The van der Waals surface area contributed by atoms with Crippen LogP contribution >= 0.6 is 0 Å². The molecule has 1 saturated heterocycles. The quantitative estimate of drug-likeness (QED) is 0.340. The minimum Gasteiger partial charge on any atom is -0.371 e. The summed E-state index contributed by atoms with van der Waals surface area (Å²) in [5, 5.41) is 8.07. The smallest absolute Gasteiger partial charge is 0.371 e. The third-order valence-electron chi connectivity index (χ3n) is 8.09. The van der Waals surface area contributed by atoms with Gasteiger partial charge in [-0.15, -0.1) is 5.10 Å². The van der Waals surface area contributed by atoms with Crippen LogP contribution in [0, 0.1) is 29.3 Å². The zero-order chi connectivity index (χ0) is 26.6. The van der Waals surface area contributed by atoms with Crippen LogP contribution in [0.5, 0.6) is 0 Å². The first-order chi connectivity index (χ1) is 18.2. The van der Waals surface area contributed by atoms with Crippen molar-refractivity contribution in [1.29, 1.82) is 0 Å². The van der Waals surface area contributed by atoms with Crippen molar-refractivity contribution in [3.63, 3.8) is 0 Å². The maximum Gasteiger partial charge on any atom is 0.433 e. The summed E-state index contributed by atoms with van der Waals surface area (Å²) < 4.78 is 83.4. The summed E-state index contributed by atoms with van der Waals surface area (Å²) in [4.78, 5) is 10.1. The van der Waals surface area contributed by atoms with Gasteiger partial charge in [-0.2, -0.15) is 18.2 Å². The Kier molecular flexibility index (Phi) is 6.22. The largest absolute Gasteiger partial charge is 0.433 e. The Morgan fingerprint density at radius 1 is 0.921 bits per heavy atom. The SMILES string of the molecule is Fc1ccc(C2CCCCn3nc(N[C@@H]4[C@@H]5CC[C@H]4CN(c4ccnc(C(F)(F)F)c4)C5)nc32)c(F)c1F. The van der Waals surface area contributed by atoms with Crippen LogP contribution in [-0.2, 0) is 12.7 Å². The molecule has 38 heavy (non-hydrogen) atoms. The van der Waals surface area contributed by atoms with Gasteiger partial charge in [-0.1, -0.05) is 12.5 Å². The molecule has 4 heterocycles. The first-order valence-corrected chi connectivity index (χ1v) is 12.8. The van der Waals surface area contributed by atoms with Crippen LogP contribution in [0.4, 0.5) is 38.0 Å². The summed E-state index contributed by atoms with van der Waals surface area (Å²) in [6.07, 6.45) is 0.644.